The van der Waals surface area contributed by atoms with Gasteiger partial charge in [-0.15, -0.1) is 0 Å². The van der Waals surface area contributed by atoms with E-state index < -0.39 is 0 Å². The summed E-state index contributed by atoms with van der Waals surface area (Å²) in [5.74, 6) is 1.00. The molecule has 29 heavy (non-hydrogen) atoms. The van der Waals surface area contributed by atoms with E-state index in [-0.39, 0.29) is 18.0 Å². The molecule has 2 atom stereocenters. The van der Waals surface area contributed by atoms with Crippen molar-refractivity contribution in [2.75, 3.05) is 18.0 Å². The van der Waals surface area contributed by atoms with Crippen LogP contribution in [0.25, 0.3) is 21.1 Å². The van der Waals surface area contributed by atoms with Crippen molar-refractivity contribution in [1.29, 1.82) is 0 Å². The van der Waals surface area contributed by atoms with Crippen molar-refractivity contribution in [2.45, 2.75) is 24.9 Å². The number of carbonyl (C=O) groups is 1. The highest BCUT2D eigenvalue weighted by molar-refractivity contribution is 9.10. The molecule has 3 aromatic heterocycles. The van der Waals surface area contributed by atoms with E-state index in [2.05, 4.69) is 45.1 Å². The van der Waals surface area contributed by atoms with Gasteiger partial charge in [0, 0.05) is 29.1 Å². The van der Waals surface area contributed by atoms with Crippen LogP contribution in [0.15, 0.2) is 41.3 Å². The number of hydrogen-bond donors (Lipinski definition) is 1. The summed E-state index contributed by atoms with van der Waals surface area (Å²) in [5, 5.41) is 1.97. The van der Waals surface area contributed by atoms with Crippen LogP contribution in [-0.2, 0) is 0 Å². The van der Waals surface area contributed by atoms with Crippen molar-refractivity contribution < 1.29 is 4.79 Å². The zero-order valence-electron chi connectivity index (χ0n) is 15.4. The fourth-order valence-electron chi connectivity index (χ4n) is 4.71. The molecule has 2 unspecified atom stereocenters. The van der Waals surface area contributed by atoms with Gasteiger partial charge in [0.15, 0.2) is 0 Å². The number of aromatic amines is 1. The average molecular weight is 469 g/mol. The molecule has 0 saturated carbocycles. The van der Waals surface area contributed by atoms with Crippen molar-refractivity contribution in [1.82, 2.24) is 24.2 Å². The molecule has 1 N–H and O–H groups in total. The average Bonchev–Trinajstić information content (AvgIpc) is 3.42. The Labute approximate surface area is 179 Å². The number of amides is 1. The molecule has 2 bridgehead atoms. The maximum atomic E-state index is 13.4. The van der Waals surface area contributed by atoms with E-state index in [1.807, 2.05) is 30.5 Å². The summed E-state index contributed by atoms with van der Waals surface area (Å²) in [6, 6.07) is 8.35. The van der Waals surface area contributed by atoms with Crippen LogP contribution >= 0.6 is 27.5 Å². The van der Waals surface area contributed by atoms with Crippen LogP contribution in [0.1, 0.15) is 23.3 Å². The largest absolute Gasteiger partial charge is 0.352 e. The van der Waals surface area contributed by atoms with Gasteiger partial charge in [0.25, 0.3) is 5.91 Å². The van der Waals surface area contributed by atoms with Crippen LogP contribution in [0.4, 0.5) is 5.82 Å². The lowest BCUT2D eigenvalue weighted by molar-refractivity contribution is 0.0638. The number of benzene rings is 1. The molecule has 146 valence electrons. The maximum Gasteiger partial charge on any atom is 0.274 e. The predicted octanol–water partition coefficient (Wildman–Crippen LogP) is 3.82. The quantitative estimate of drug-likeness (QED) is 0.483. The molecule has 2 aliphatic rings. The van der Waals surface area contributed by atoms with Crippen LogP contribution in [0, 0.1) is 0 Å². The minimum Gasteiger partial charge on any atom is -0.352 e. The Morgan fingerprint density at radius 3 is 2.79 bits per heavy atom. The number of carbonyl (C=O) groups excluding carboxylic acids is 1. The number of fused-ring (bicyclic) bond motifs is 4. The van der Waals surface area contributed by atoms with E-state index in [4.69, 9.17) is 0 Å². The molecule has 9 heteroatoms. The van der Waals surface area contributed by atoms with Gasteiger partial charge in [-0.2, -0.15) is 4.37 Å². The van der Waals surface area contributed by atoms with Crippen LogP contribution in [0.3, 0.4) is 0 Å². The number of H-pyrrole nitrogens is 1. The monoisotopic (exact) mass is 468 g/mol. The molecule has 1 amide bonds. The third kappa shape index (κ3) is 2.67. The van der Waals surface area contributed by atoms with Gasteiger partial charge >= 0.3 is 0 Å². The number of aromatic nitrogens is 4. The molecule has 1 aromatic carbocycles. The first kappa shape index (κ1) is 17.3. The first-order valence-corrected chi connectivity index (χ1v) is 11.2. The van der Waals surface area contributed by atoms with Gasteiger partial charge in [0.1, 0.15) is 23.5 Å². The highest BCUT2D eigenvalue weighted by Gasteiger charge is 2.44. The number of anilines is 1. The van der Waals surface area contributed by atoms with E-state index in [0.717, 1.165) is 57.3 Å². The third-order valence-electron chi connectivity index (χ3n) is 5.99. The predicted molar refractivity (Wildman–Crippen MR) is 116 cm³/mol. The number of piperazine rings is 1. The highest BCUT2D eigenvalue weighted by atomic mass is 79.9. The van der Waals surface area contributed by atoms with Gasteiger partial charge in [-0.3, -0.25) is 4.79 Å². The van der Waals surface area contributed by atoms with E-state index in [1.165, 1.54) is 11.5 Å². The summed E-state index contributed by atoms with van der Waals surface area (Å²) >= 11 is 4.88. The van der Waals surface area contributed by atoms with Gasteiger partial charge in [-0.05, 0) is 48.6 Å². The van der Waals surface area contributed by atoms with Gasteiger partial charge in [0.2, 0.25) is 0 Å². The van der Waals surface area contributed by atoms with E-state index in [0.29, 0.717) is 5.69 Å². The number of halogens is 1. The second-order valence-electron chi connectivity index (χ2n) is 7.61. The minimum absolute atomic E-state index is 0.0557. The third-order valence-corrected chi connectivity index (χ3v) is 7.29. The van der Waals surface area contributed by atoms with Crippen molar-refractivity contribution in [2.24, 2.45) is 0 Å². The Balaban J connectivity index is 1.31. The number of nitrogens with zero attached hydrogens (tertiary/aromatic N) is 5. The summed E-state index contributed by atoms with van der Waals surface area (Å²) < 4.78 is 6.54. The molecular formula is C20H17BrN6OS. The number of rotatable bonds is 2. The van der Waals surface area contributed by atoms with Gasteiger partial charge in [-0.25, -0.2) is 9.97 Å². The van der Waals surface area contributed by atoms with Crippen LogP contribution < -0.4 is 4.90 Å². The molecule has 4 aromatic rings. The van der Waals surface area contributed by atoms with Crippen LogP contribution in [0.2, 0.25) is 0 Å². The Morgan fingerprint density at radius 2 is 1.97 bits per heavy atom. The van der Waals surface area contributed by atoms with Crippen molar-refractivity contribution in [3.05, 3.63) is 47.0 Å². The zero-order chi connectivity index (χ0) is 19.5. The first-order valence-electron chi connectivity index (χ1n) is 9.59. The zero-order valence-corrected chi connectivity index (χ0v) is 17.8. The molecule has 2 saturated heterocycles. The lowest BCUT2D eigenvalue weighted by Gasteiger charge is -2.41. The second kappa shape index (κ2) is 6.50. The summed E-state index contributed by atoms with van der Waals surface area (Å²) in [5.41, 5.74) is 1.43. The fraction of sp³-hybridized carbons (Fsp3) is 0.300. The van der Waals surface area contributed by atoms with Crippen molar-refractivity contribution >= 4 is 60.3 Å². The normalized spacial score (nSPS) is 21.4. The van der Waals surface area contributed by atoms with Gasteiger partial charge < -0.3 is 14.8 Å². The molecule has 0 radical (unpaired) electrons. The fourth-order valence-corrected chi connectivity index (χ4v) is 6.03. The smallest absolute Gasteiger partial charge is 0.274 e. The maximum absolute atomic E-state index is 13.4. The second-order valence-corrected chi connectivity index (χ2v) is 9.33. The van der Waals surface area contributed by atoms with Crippen molar-refractivity contribution in [3.63, 3.8) is 0 Å². The lowest BCUT2D eigenvalue weighted by Crippen LogP contribution is -2.56. The van der Waals surface area contributed by atoms with E-state index >= 15 is 0 Å². The summed E-state index contributed by atoms with van der Waals surface area (Å²) in [6.45, 7) is 1.57. The molecule has 2 fully saturated rings. The Bertz CT molecular complexity index is 1240. The highest BCUT2D eigenvalue weighted by Crippen LogP contribution is 2.36. The standard InChI is InChI=1S/C20H17BrN6OS/c21-11-1-4-14-16(7-11)29-25-17(14)20(28)27-12-2-3-13(27)9-26(8-12)19-15-5-6-22-18(15)23-10-24-19/h1,4-7,10,12-13H,2-3,8-9H2,(H,22,23,24). The Morgan fingerprint density at radius 1 is 1.14 bits per heavy atom. The molecule has 5 heterocycles. The molecule has 6 rings (SSSR count). The Kier molecular flexibility index (Phi) is 3.89. The molecule has 0 aliphatic carbocycles. The lowest BCUT2D eigenvalue weighted by atomic mass is 10.1. The number of nitrogens with one attached hydrogen (secondary N) is 1. The van der Waals surface area contributed by atoms with E-state index in [1.54, 1.807) is 6.33 Å². The van der Waals surface area contributed by atoms with Crippen LogP contribution in [-0.4, -0.2) is 55.3 Å². The van der Waals surface area contributed by atoms with E-state index in [9.17, 15) is 4.79 Å². The summed E-state index contributed by atoms with van der Waals surface area (Å²) in [6.07, 6.45) is 5.53. The summed E-state index contributed by atoms with van der Waals surface area (Å²) in [4.78, 5) is 29.8. The topological polar surface area (TPSA) is 78.0 Å². The molecular weight excluding hydrogens is 452 g/mol. The Hall–Kier alpha value is -2.52. The van der Waals surface area contributed by atoms with Gasteiger partial charge in [0.05, 0.1) is 22.2 Å². The van der Waals surface area contributed by atoms with Gasteiger partial charge in [-0.1, -0.05) is 15.9 Å². The number of hydrogen-bond acceptors (Lipinski definition) is 6. The molecule has 2 aliphatic heterocycles. The molecule has 7 nitrogen and oxygen atoms in total. The van der Waals surface area contributed by atoms with Crippen LogP contribution in [0.5, 0.6) is 0 Å². The van der Waals surface area contributed by atoms with Crippen molar-refractivity contribution in [3.8, 4) is 0 Å². The summed E-state index contributed by atoms with van der Waals surface area (Å²) in [7, 11) is 0. The SMILES string of the molecule is O=C(c1nsc2cc(Br)ccc12)N1C2CCC1CN(c1ncnc3[nH]ccc13)C2. The first-order chi connectivity index (χ1) is 14.2. The molecule has 0 spiro atoms. The minimum atomic E-state index is 0.0557.